The van der Waals surface area contributed by atoms with Gasteiger partial charge in [-0.1, -0.05) is 12.1 Å². The zero-order valence-electron chi connectivity index (χ0n) is 10.9. The molecule has 0 aliphatic carbocycles. The number of hydrogen-bond acceptors (Lipinski definition) is 5. The van der Waals surface area contributed by atoms with Crippen LogP contribution in [-0.4, -0.2) is 21.9 Å². The highest BCUT2D eigenvalue weighted by Crippen LogP contribution is 2.28. The molecular weight excluding hydrogens is 260 g/mol. The number of primary amides is 1. The quantitative estimate of drug-likeness (QED) is 0.638. The molecule has 0 aliphatic rings. The molecule has 1 atom stereocenters. The molecule has 3 N–H and O–H groups in total. The molecule has 0 fully saturated rings. The van der Waals surface area contributed by atoms with Crippen LogP contribution in [0.5, 0.6) is 0 Å². The number of fused-ring (bicyclic) bond motifs is 1. The lowest BCUT2D eigenvalue weighted by atomic mass is 10.1. The van der Waals surface area contributed by atoms with E-state index in [0.29, 0.717) is 16.6 Å². The van der Waals surface area contributed by atoms with E-state index in [1.165, 1.54) is 12.3 Å². The lowest BCUT2D eigenvalue weighted by Gasteiger charge is -2.15. The van der Waals surface area contributed by atoms with Gasteiger partial charge in [-0.15, -0.1) is 0 Å². The third kappa shape index (κ3) is 2.82. The van der Waals surface area contributed by atoms with E-state index in [4.69, 9.17) is 5.73 Å². The minimum absolute atomic E-state index is 0.0475. The molecule has 1 aromatic carbocycles. The fourth-order valence-electron chi connectivity index (χ4n) is 2.05. The molecule has 1 heterocycles. The molecule has 2 rings (SSSR count). The van der Waals surface area contributed by atoms with Crippen molar-refractivity contribution in [3.8, 4) is 0 Å². The number of anilines is 1. The number of non-ortho nitro benzene ring substituents is 1. The van der Waals surface area contributed by atoms with Crippen LogP contribution in [0.1, 0.15) is 13.3 Å². The monoisotopic (exact) mass is 274 g/mol. The van der Waals surface area contributed by atoms with Crippen molar-refractivity contribution in [2.75, 3.05) is 5.32 Å². The Morgan fingerprint density at radius 3 is 2.90 bits per heavy atom. The summed E-state index contributed by atoms with van der Waals surface area (Å²) in [6.45, 7) is 1.81. The number of amides is 1. The number of benzene rings is 1. The number of pyridine rings is 1. The number of carbonyl (C=O) groups is 1. The van der Waals surface area contributed by atoms with E-state index in [-0.39, 0.29) is 18.2 Å². The molecule has 0 spiro atoms. The van der Waals surface area contributed by atoms with Gasteiger partial charge in [0, 0.05) is 35.8 Å². The zero-order valence-corrected chi connectivity index (χ0v) is 10.9. The molecule has 7 heteroatoms. The minimum Gasteiger partial charge on any atom is -0.381 e. The number of nitrogens with zero attached hydrogens (tertiary/aromatic N) is 2. The van der Waals surface area contributed by atoms with E-state index in [0.717, 1.165) is 0 Å². The highest BCUT2D eigenvalue weighted by molar-refractivity contribution is 5.96. The smallest absolute Gasteiger partial charge is 0.295 e. The minimum atomic E-state index is -0.466. The number of nitro groups is 1. The Hall–Kier alpha value is -2.70. The van der Waals surface area contributed by atoms with Crippen molar-refractivity contribution >= 4 is 28.2 Å². The van der Waals surface area contributed by atoms with Crippen LogP contribution in [0.2, 0.25) is 0 Å². The van der Waals surface area contributed by atoms with Crippen LogP contribution in [0.15, 0.2) is 30.5 Å². The lowest BCUT2D eigenvalue weighted by Crippen LogP contribution is -2.24. The summed E-state index contributed by atoms with van der Waals surface area (Å²) in [6, 6.07) is 6.30. The summed E-state index contributed by atoms with van der Waals surface area (Å²) in [4.78, 5) is 25.5. The predicted octanol–water partition coefficient (Wildman–Crippen LogP) is 1.82. The number of para-hydroxylation sites is 1. The largest absolute Gasteiger partial charge is 0.381 e. The van der Waals surface area contributed by atoms with Crippen molar-refractivity contribution in [2.24, 2.45) is 5.73 Å². The summed E-state index contributed by atoms with van der Waals surface area (Å²) >= 11 is 0. The van der Waals surface area contributed by atoms with Crippen LogP contribution >= 0.6 is 0 Å². The van der Waals surface area contributed by atoms with Crippen LogP contribution in [0.4, 0.5) is 11.4 Å². The summed E-state index contributed by atoms with van der Waals surface area (Å²) in [5.41, 5.74) is 6.10. The van der Waals surface area contributed by atoms with Gasteiger partial charge in [-0.25, -0.2) is 4.98 Å². The summed E-state index contributed by atoms with van der Waals surface area (Å²) in [5.74, 6) is -0.408. The van der Waals surface area contributed by atoms with Crippen LogP contribution in [-0.2, 0) is 4.79 Å². The van der Waals surface area contributed by atoms with Crippen molar-refractivity contribution in [3.05, 3.63) is 40.6 Å². The number of nitrogens with one attached hydrogen (secondary N) is 1. The van der Waals surface area contributed by atoms with Gasteiger partial charge < -0.3 is 11.1 Å². The molecule has 104 valence electrons. The summed E-state index contributed by atoms with van der Waals surface area (Å²) in [6.07, 6.45) is 1.67. The summed E-state index contributed by atoms with van der Waals surface area (Å²) in [5, 5.41) is 14.7. The Morgan fingerprint density at radius 2 is 2.25 bits per heavy atom. The van der Waals surface area contributed by atoms with Gasteiger partial charge in [-0.2, -0.15) is 0 Å². The number of carbonyl (C=O) groups excluding carboxylic acids is 1. The first-order valence-electron chi connectivity index (χ1n) is 6.06. The van der Waals surface area contributed by atoms with E-state index < -0.39 is 10.8 Å². The van der Waals surface area contributed by atoms with Gasteiger partial charge in [0.25, 0.3) is 5.69 Å². The number of rotatable bonds is 5. The van der Waals surface area contributed by atoms with Crippen molar-refractivity contribution in [3.63, 3.8) is 0 Å². The SMILES string of the molecule is CC(CC(N)=O)Nc1ccnc2c([N+](=O)[O-])cccc12. The number of nitro benzene ring substituents is 1. The van der Waals surface area contributed by atoms with Crippen LogP contribution < -0.4 is 11.1 Å². The van der Waals surface area contributed by atoms with Crippen LogP contribution in [0.3, 0.4) is 0 Å². The molecule has 0 radical (unpaired) electrons. The molecular formula is C13H14N4O3. The lowest BCUT2D eigenvalue weighted by molar-refractivity contribution is -0.383. The molecule has 20 heavy (non-hydrogen) atoms. The first-order chi connectivity index (χ1) is 9.49. The fourth-order valence-corrected chi connectivity index (χ4v) is 2.05. The Balaban J connectivity index is 2.42. The average molecular weight is 274 g/mol. The van der Waals surface area contributed by atoms with Crippen LogP contribution in [0, 0.1) is 10.1 Å². The Labute approximate surface area is 114 Å². The van der Waals surface area contributed by atoms with Crippen molar-refractivity contribution < 1.29 is 9.72 Å². The van der Waals surface area contributed by atoms with Gasteiger partial charge in [0.2, 0.25) is 5.91 Å². The molecule has 2 aromatic rings. The van der Waals surface area contributed by atoms with Gasteiger partial charge in [0.1, 0.15) is 5.52 Å². The summed E-state index contributed by atoms with van der Waals surface area (Å²) < 4.78 is 0. The standard InChI is InChI=1S/C13H14N4O3/c1-8(7-12(14)18)16-10-5-6-15-13-9(10)3-2-4-11(13)17(19)20/h2-6,8H,7H2,1H3,(H2,14,18)(H,15,16). The number of hydrogen-bond donors (Lipinski definition) is 2. The third-order valence-electron chi connectivity index (χ3n) is 2.86. The molecule has 0 aliphatic heterocycles. The second kappa shape index (κ2) is 5.52. The Kier molecular flexibility index (Phi) is 3.79. The van der Waals surface area contributed by atoms with Gasteiger partial charge in [0.15, 0.2) is 0 Å². The first kappa shape index (κ1) is 13.7. The van der Waals surface area contributed by atoms with Crippen molar-refractivity contribution in [2.45, 2.75) is 19.4 Å². The number of nitrogens with two attached hydrogens (primary N) is 1. The fraction of sp³-hybridized carbons (Fsp3) is 0.231. The van der Waals surface area contributed by atoms with E-state index in [9.17, 15) is 14.9 Å². The van der Waals surface area contributed by atoms with Gasteiger partial charge >= 0.3 is 0 Å². The molecule has 1 unspecified atom stereocenters. The normalized spacial score (nSPS) is 12.1. The topological polar surface area (TPSA) is 111 Å². The molecule has 7 nitrogen and oxygen atoms in total. The highest BCUT2D eigenvalue weighted by Gasteiger charge is 2.15. The molecule has 1 aromatic heterocycles. The van der Waals surface area contributed by atoms with Crippen molar-refractivity contribution in [1.82, 2.24) is 4.98 Å². The van der Waals surface area contributed by atoms with Gasteiger partial charge in [-0.05, 0) is 13.0 Å². The van der Waals surface area contributed by atoms with Gasteiger partial charge in [-0.3, -0.25) is 14.9 Å². The maximum Gasteiger partial charge on any atom is 0.295 e. The highest BCUT2D eigenvalue weighted by atomic mass is 16.6. The van der Waals surface area contributed by atoms with E-state index in [1.807, 2.05) is 6.92 Å². The zero-order chi connectivity index (χ0) is 14.7. The second-order valence-electron chi connectivity index (χ2n) is 4.50. The third-order valence-corrected chi connectivity index (χ3v) is 2.86. The summed E-state index contributed by atoms with van der Waals surface area (Å²) in [7, 11) is 0. The molecule has 1 amide bonds. The van der Waals surface area contributed by atoms with E-state index in [1.54, 1.807) is 18.2 Å². The first-order valence-corrected chi connectivity index (χ1v) is 6.06. The van der Waals surface area contributed by atoms with Crippen molar-refractivity contribution in [1.29, 1.82) is 0 Å². The Bertz CT molecular complexity index is 672. The van der Waals surface area contributed by atoms with E-state index >= 15 is 0 Å². The van der Waals surface area contributed by atoms with E-state index in [2.05, 4.69) is 10.3 Å². The van der Waals surface area contributed by atoms with Crippen LogP contribution in [0.25, 0.3) is 10.9 Å². The molecule has 0 saturated carbocycles. The number of aromatic nitrogens is 1. The average Bonchev–Trinajstić information content (AvgIpc) is 2.37. The Morgan fingerprint density at radius 1 is 1.50 bits per heavy atom. The maximum absolute atomic E-state index is 11.0. The second-order valence-corrected chi connectivity index (χ2v) is 4.50. The maximum atomic E-state index is 11.0. The predicted molar refractivity (Wildman–Crippen MR) is 75.3 cm³/mol. The van der Waals surface area contributed by atoms with Gasteiger partial charge in [0.05, 0.1) is 4.92 Å². The molecule has 0 saturated heterocycles. The molecule has 0 bridgehead atoms.